The van der Waals surface area contributed by atoms with Gasteiger partial charge in [-0.1, -0.05) is 29.8 Å². The number of imidazole rings is 1. The minimum atomic E-state index is 0.671. The zero-order valence-corrected chi connectivity index (χ0v) is 13.6. The summed E-state index contributed by atoms with van der Waals surface area (Å²) in [5, 5.41) is 0.671. The number of nitrogens with one attached hydrogen (secondary N) is 1. The maximum atomic E-state index is 6.23. The summed E-state index contributed by atoms with van der Waals surface area (Å²) in [6.45, 7) is 4.15. The lowest BCUT2D eigenvalue weighted by Crippen LogP contribution is -1.79. The largest absolute Gasteiger partial charge is 0.453 e. The van der Waals surface area contributed by atoms with Gasteiger partial charge in [0.05, 0.1) is 16.1 Å². The van der Waals surface area contributed by atoms with E-state index in [1.54, 1.807) is 0 Å². The molecule has 4 aromatic rings. The zero-order valence-electron chi connectivity index (χ0n) is 12.9. The number of halogens is 1. The van der Waals surface area contributed by atoms with Crippen molar-refractivity contribution in [3.8, 4) is 22.9 Å². The first-order valence-electron chi connectivity index (χ1n) is 7.44. The van der Waals surface area contributed by atoms with Crippen molar-refractivity contribution < 1.29 is 4.42 Å². The van der Waals surface area contributed by atoms with Crippen LogP contribution < -0.4 is 0 Å². The molecule has 1 N–H and O–H groups in total. The van der Waals surface area contributed by atoms with Crippen molar-refractivity contribution in [1.82, 2.24) is 9.97 Å². The number of hydrogen-bond donors (Lipinski definition) is 1. The monoisotopic (exact) mass is 322 g/mol. The number of benzene rings is 2. The van der Waals surface area contributed by atoms with Gasteiger partial charge in [-0.3, -0.25) is 0 Å². The second-order valence-corrected chi connectivity index (χ2v) is 6.11. The highest BCUT2D eigenvalue weighted by Gasteiger charge is 2.13. The third kappa shape index (κ3) is 2.43. The Morgan fingerprint density at radius 2 is 1.78 bits per heavy atom. The molecular weight excluding hydrogens is 308 g/mol. The van der Waals surface area contributed by atoms with Crippen molar-refractivity contribution in [2.75, 3.05) is 0 Å². The Labute approximate surface area is 138 Å². The van der Waals surface area contributed by atoms with Gasteiger partial charge < -0.3 is 9.40 Å². The van der Waals surface area contributed by atoms with E-state index < -0.39 is 0 Å². The second-order valence-electron chi connectivity index (χ2n) is 5.71. The fourth-order valence-corrected chi connectivity index (χ4v) is 3.09. The minimum Gasteiger partial charge on any atom is -0.453 e. The zero-order chi connectivity index (χ0) is 16.0. The van der Waals surface area contributed by atoms with Gasteiger partial charge in [0.15, 0.2) is 11.6 Å². The molecular formula is C19H15ClN2O. The molecule has 4 rings (SSSR count). The lowest BCUT2D eigenvalue weighted by molar-refractivity contribution is 0.593. The van der Waals surface area contributed by atoms with Gasteiger partial charge in [-0.25, -0.2) is 4.98 Å². The van der Waals surface area contributed by atoms with Gasteiger partial charge in [-0.15, -0.1) is 0 Å². The molecule has 2 aromatic carbocycles. The number of fused-ring (bicyclic) bond motifs is 1. The molecule has 0 aliphatic heterocycles. The van der Waals surface area contributed by atoms with Gasteiger partial charge >= 0.3 is 0 Å². The van der Waals surface area contributed by atoms with Crippen LogP contribution in [0.2, 0.25) is 5.02 Å². The van der Waals surface area contributed by atoms with Crippen LogP contribution in [-0.2, 0) is 0 Å². The van der Waals surface area contributed by atoms with E-state index in [1.807, 2.05) is 36.4 Å². The van der Waals surface area contributed by atoms with Gasteiger partial charge in [0.25, 0.3) is 0 Å². The highest BCUT2D eigenvalue weighted by molar-refractivity contribution is 6.33. The Hall–Kier alpha value is -2.52. The standard InChI is InChI=1S/C19H15ClN2O/c1-11-9-12(2)18-15(10-11)21-19(22-18)17-8-7-16(23-17)13-5-3-4-6-14(13)20/h3-10H,1-2H3,(H,21,22). The molecule has 4 heteroatoms. The lowest BCUT2D eigenvalue weighted by Gasteiger charge is -1.99. The number of nitrogens with zero attached hydrogens (tertiary/aromatic N) is 1. The van der Waals surface area contributed by atoms with Crippen molar-refractivity contribution in [3.63, 3.8) is 0 Å². The topological polar surface area (TPSA) is 41.8 Å². The van der Waals surface area contributed by atoms with Crippen LogP contribution in [0.5, 0.6) is 0 Å². The van der Waals surface area contributed by atoms with Crippen LogP contribution >= 0.6 is 11.6 Å². The van der Waals surface area contributed by atoms with E-state index in [9.17, 15) is 0 Å². The van der Waals surface area contributed by atoms with Crippen molar-refractivity contribution in [2.45, 2.75) is 13.8 Å². The van der Waals surface area contributed by atoms with Crippen LogP contribution in [0.15, 0.2) is 52.9 Å². The number of aryl methyl sites for hydroxylation is 2. The summed E-state index contributed by atoms with van der Waals surface area (Å²) in [5.74, 6) is 2.17. The molecule has 0 fully saturated rings. The van der Waals surface area contributed by atoms with Gasteiger partial charge in [-0.2, -0.15) is 0 Å². The van der Waals surface area contributed by atoms with E-state index in [0.29, 0.717) is 10.8 Å². The van der Waals surface area contributed by atoms with Crippen molar-refractivity contribution in [3.05, 3.63) is 64.7 Å². The van der Waals surface area contributed by atoms with Crippen LogP contribution in [0.25, 0.3) is 33.9 Å². The Balaban J connectivity index is 1.80. The molecule has 0 bridgehead atoms. The number of H-pyrrole nitrogens is 1. The Morgan fingerprint density at radius 1 is 1.00 bits per heavy atom. The molecule has 0 saturated carbocycles. The highest BCUT2D eigenvalue weighted by Crippen LogP contribution is 2.32. The van der Waals surface area contributed by atoms with Crippen LogP contribution in [-0.4, -0.2) is 9.97 Å². The van der Waals surface area contributed by atoms with Gasteiger partial charge in [0, 0.05) is 5.56 Å². The second kappa shape index (κ2) is 5.28. The number of furan rings is 1. The maximum absolute atomic E-state index is 6.23. The Morgan fingerprint density at radius 3 is 2.61 bits per heavy atom. The minimum absolute atomic E-state index is 0.671. The van der Waals surface area contributed by atoms with E-state index >= 15 is 0 Å². The summed E-state index contributed by atoms with van der Waals surface area (Å²) >= 11 is 6.23. The quantitative estimate of drug-likeness (QED) is 0.509. The van der Waals surface area contributed by atoms with E-state index in [-0.39, 0.29) is 0 Å². The molecule has 0 spiro atoms. The normalized spacial score (nSPS) is 11.3. The molecule has 0 amide bonds. The fourth-order valence-electron chi connectivity index (χ4n) is 2.86. The molecule has 0 unspecified atom stereocenters. The van der Waals surface area contributed by atoms with Gasteiger partial charge in [0.2, 0.25) is 0 Å². The molecule has 2 aromatic heterocycles. The Kier molecular flexibility index (Phi) is 3.24. The highest BCUT2D eigenvalue weighted by atomic mass is 35.5. The van der Waals surface area contributed by atoms with Crippen LogP contribution in [0.3, 0.4) is 0 Å². The summed E-state index contributed by atoms with van der Waals surface area (Å²) in [7, 11) is 0. The van der Waals surface area contributed by atoms with Crippen LogP contribution in [0.4, 0.5) is 0 Å². The van der Waals surface area contributed by atoms with Crippen LogP contribution in [0.1, 0.15) is 11.1 Å². The SMILES string of the molecule is Cc1cc(C)c2nc(-c3ccc(-c4ccccc4Cl)o3)[nH]c2c1. The predicted molar refractivity (Wildman–Crippen MR) is 93.7 cm³/mol. The summed E-state index contributed by atoms with van der Waals surface area (Å²) in [6, 6.07) is 15.7. The lowest BCUT2D eigenvalue weighted by atomic mass is 10.1. The molecule has 0 radical (unpaired) electrons. The average molecular weight is 323 g/mol. The average Bonchev–Trinajstić information content (AvgIpc) is 3.14. The summed E-state index contributed by atoms with van der Waals surface area (Å²) < 4.78 is 5.96. The van der Waals surface area contributed by atoms with Crippen molar-refractivity contribution >= 4 is 22.6 Å². The molecule has 3 nitrogen and oxygen atoms in total. The van der Waals surface area contributed by atoms with E-state index in [4.69, 9.17) is 16.0 Å². The number of aromatic nitrogens is 2. The predicted octanol–water partition coefficient (Wildman–Crippen LogP) is 5.76. The van der Waals surface area contributed by atoms with Crippen molar-refractivity contribution in [2.24, 2.45) is 0 Å². The Bertz CT molecular complexity index is 1010. The van der Waals surface area contributed by atoms with Crippen molar-refractivity contribution in [1.29, 1.82) is 0 Å². The number of aromatic amines is 1. The number of rotatable bonds is 2. The molecule has 0 aliphatic rings. The third-order valence-corrected chi connectivity index (χ3v) is 4.23. The molecule has 0 aliphatic carbocycles. The first-order valence-corrected chi connectivity index (χ1v) is 7.82. The third-order valence-electron chi connectivity index (χ3n) is 3.90. The first-order chi connectivity index (χ1) is 11.1. The summed E-state index contributed by atoms with van der Waals surface area (Å²) in [5.41, 5.74) is 5.24. The molecule has 2 heterocycles. The van der Waals surface area contributed by atoms with E-state index in [0.717, 1.165) is 33.7 Å². The summed E-state index contributed by atoms with van der Waals surface area (Å²) in [4.78, 5) is 8.01. The van der Waals surface area contributed by atoms with E-state index in [2.05, 4.69) is 35.9 Å². The maximum Gasteiger partial charge on any atom is 0.174 e. The smallest absolute Gasteiger partial charge is 0.174 e. The fraction of sp³-hybridized carbons (Fsp3) is 0.105. The molecule has 23 heavy (non-hydrogen) atoms. The molecule has 114 valence electrons. The summed E-state index contributed by atoms with van der Waals surface area (Å²) in [6.07, 6.45) is 0. The molecule has 0 saturated heterocycles. The van der Waals surface area contributed by atoms with Gasteiger partial charge in [-0.05, 0) is 55.3 Å². The first kappa shape index (κ1) is 14.1. The van der Waals surface area contributed by atoms with E-state index in [1.165, 1.54) is 5.56 Å². The molecule has 0 atom stereocenters. The van der Waals surface area contributed by atoms with Crippen LogP contribution in [0, 0.1) is 13.8 Å². The number of hydrogen-bond acceptors (Lipinski definition) is 2. The van der Waals surface area contributed by atoms with Gasteiger partial charge in [0.1, 0.15) is 5.76 Å².